The van der Waals surface area contributed by atoms with Crippen molar-refractivity contribution in [3.8, 4) is 0 Å². The number of hydrogen-bond donors (Lipinski definition) is 1. The number of aromatic nitrogens is 1. The van der Waals surface area contributed by atoms with Crippen LogP contribution in [0.4, 0.5) is 0 Å². The predicted octanol–water partition coefficient (Wildman–Crippen LogP) is 4.09. The molecule has 1 saturated carbocycles. The van der Waals surface area contributed by atoms with E-state index in [0.717, 1.165) is 30.6 Å². The molecule has 1 amide bonds. The molecule has 0 spiro atoms. The molecule has 4 nitrogen and oxygen atoms in total. The number of amides is 1. The molecular formula is C16H17ClN2O2. The van der Waals surface area contributed by atoms with Crippen LogP contribution in [0.15, 0.2) is 34.9 Å². The molecule has 0 bridgehead atoms. The molecule has 1 N–H and O–H groups in total. The zero-order chi connectivity index (χ0) is 14.8. The molecule has 1 aliphatic carbocycles. The Hall–Kier alpha value is -1.81. The molecule has 21 heavy (non-hydrogen) atoms. The van der Waals surface area contributed by atoms with Crippen molar-refractivity contribution < 1.29 is 9.32 Å². The van der Waals surface area contributed by atoms with Crippen molar-refractivity contribution in [1.29, 1.82) is 0 Å². The zero-order valence-corrected chi connectivity index (χ0v) is 12.6. The highest BCUT2D eigenvalue weighted by Crippen LogP contribution is 2.40. The van der Waals surface area contributed by atoms with Gasteiger partial charge in [0.25, 0.3) is 5.91 Å². The van der Waals surface area contributed by atoms with E-state index < -0.39 is 0 Å². The Morgan fingerprint density at radius 1 is 1.48 bits per heavy atom. The Bertz CT molecular complexity index is 649. The van der Waals surface area contributed by atoms with E-state index in [9.17, 15) is 4.79 Å². The number of benzene rings is 1. The van der Waals surface area contributed by atoms with E-state index in [1.165, 1.54) is 0 Å². The second-order valence-corrected chi connectivity index (χ2v) is 5.81. The molecule has 110 valence electrons. The number of nitrogens with zero attached hydrogens (tertiary/aromatic N) is 1. The first-order chi connectivity index (χ1) is 10.2. The van der Waals surface area contributed by atoms with Crippen molar-refractivity contribution in [2.45, 2.75) is 38.1 Å². The number of hydrogen-bond acceptors (Lipinski definition) is 3. The predicted molar refractivity (Wildman–Crippen MR) is 80.4 cm³/mol. The average Bonchev–Trinajstić information content (AvgIpc) is 3.22. The van der Waals surface area contributed by atoms with Crippen LogP contribution >= 0.6 is 11.6 Å². The molecule has 2 aromatic rings. The number of carbonyl (C=O) groups is 1. The van der Waals surface area contributed by atoms with Gasteiger partial charge in [-0.15, -0.1) is 0 Å². The van der Waals surface area contributed by atoms with E-state index in [-0.39, 0.29) is 11.9 Å². The van der Waals surface area contributed by atoms with Crippen LogP contribution in [0.2, 0.25) is 5.02 Å². The topological polar surface area (TPSA) is 55.1 Å². The van der Waals surface area contributed by atoms with Crippen LogP contribution in [0.3, 0.4) is 0 Å². The third-order valence-electron chi connectivity index (χ3n) is 3.71. The molecule has 1 aromatic heterocycles. The molecule has 0 radical (unpaired) electrons. The fourth-order valence-corrected chi connectivity index (χ4v) is 2.53. The van der Waals surface area contributed by atoms with Gasteiger partial charge >= 0.3 is 0 Å². The second kappa shape index (κ2) is 5.90. The van der Waals surface area contributed by atoms with Gasteiger partial charge in [0.1, 0.15) is 5.76 Å². The van der Waals surface area contributed by atoms with Gasteiger partial charge in [-0.25, -0.2) is 0 Å². The maximum absolute atomic E-state index is 12.3. The minimum atomic E-state index is -0.211. The summed E-state index contributed by atoms with van der Waals surface area (Å²) in [5.41, 5.74) is 1.33. The summed E-state index contributed by atoms with van der Waals surface area (Å²) < 4.78 is 5.22. The minimum absolute atomic E-state index is 0.0859. The van der Waals surface area contributed by atoms with Gasteiger partial charge in [-0.1, -0.05) is 35.8 Å². The van der Waals surface area contributed by atoms with Crippen molar-refractivity contribution in [1.82, 2.24) is 10.5 Å². The minimum Gasteiger partial charge on any atom is -0.360 e. The van der Waals surface area contributed by atoms with Crippen molar-refractivity contribution in [2.24, 2.45) is 0 Å². The van der Waals surface area contributed by atoms with Gasteiger partial charge in [-0.05, 0) is 37.0 Å². The Kier molecular flexibility index (Phi) is 3.97. The average molecular weight is 305 g/mol. The van der Waals surface area contributed by atoms with E-state index in [1.807, 2.05) is 31.2 Å². The third kappa shape index (κ3) is 3.27. The molecule has 0 saturated heterocycles. The highest BCUT2D eigenvalue weighted by Gasteiger charge is 2.29. The molecule has 1 heterocycles. The lowest BCUT2D eigenvalue weighted by molar-refractivity contribution is 0.0926. The van der Waals surface area contributed by atoms with Gasteiger partial charge in [0.05, 0.1) is 6.04 Å². The summed E-state index contributed by atoms with van der Waals surface area (Å²) in [6.07, 6.45) is 3.02. The lowest BCUT2D eigenvalue weighted by atomic mass is 10.0. The maximum atomic E-state index is 12.3. The van der Waals surface area contributed by atoms with E-state index in [4.69, 9.17) is 16.1 Å². The Morgan fingerprint density at radius 2 is 2.29 bits per heavy atom. The van der Waals surface area contributed by atoms with Crippen LogP contribution in [-0.4, -0.2) is 11.1 Å². The lowest BCUT2D eigenvalue weighted by Gasteiger charge is -2.16. The van der Waals surface area contributed by atoms with Crippen LogP contribution in [0, 0.1) is 0 Å². The normalized spacial score (nSPS) is 15.7. The summed E-state index contributed by atoms with van der Waals surface area (Å²) in [5.74, 6) is 1.06. The van der Waals surface area contributed by atoms with Crippen LogP contribution < -0.4 is 5.32 Å². The molecule has 1 aliphatic rings. The summed E-state index contributed by atoms with van der Waals surface area (Å²) >= 11 is 6.00. The molecule has 0 aliphatic heterocycles. The van der Waals surface area contributed by atoms with Gasteiger partial charge in [0.2, 0.25) is 0 Å². The van der Waals surface area contributed by atoms with Gasteiger partial charge in [-0.2, -0.15) is 0 Å². The van der Waals surface area contributed by atoms with E-state index >= 15 is 0 Å². The SMILES string of the molecule is CCC(NC(=O)c1cc(C2CC2)on1)c1cccc(Cl)c1. The summed E-state index contributed by atoms with van der Waals surface area (Å²) in [6.45, 7) is 2.02. The Labute approximate surface area is 128 Å². The Balaban J connectivity index is 1.71. The highest BCUT2D eigenvalue weighted by atomic mass is 35.5. The fourth-order valence-electron chi connectivity index (χ4n) is 2.33. The third-order valence-corrected chi connectivity index (χ3v) is 3.94. The number of rotatable bonds is 5. The molecule has 1 fully saturated rings. The number of halogens is 1. The summed E-state index contributed by atoms with van der Waals surface area (Å²) in [6, 6.07) is 9.19. The van der Waals surface area contributed by atoms with E-state index in [1.54, 1.807) is 6.07 Å². The smallest absolute Gasteiger partial charge is 0.273 e. The second-order valence-electron chi connectivity index (χ2n) is 5.38. The first-order valence-corrected chi connectivity index (χ1v) is 7.58. The van der Waals surface area contributed by atoms with Crippen LogP contribution in [0.5, 0.6) is 0 Å². The molecule has 1 unspecified atom stereocenters. The largest absolute Gasteiger partial charge is 0.360 e. The van der Waals surface area contributed by atoms with E-state index in [0.29, 0.717) is 16.6 Å². The van der Waals surface area contributed by atoms with Crippen LogP contribution in [-0.2, 0) is 0 Å². The van der Waals surface area contributed by atoms with Gasteiger partial charge in [-0.3, -0.25) is 4.79 Å². The lowest BCUT2D eigenvalue weighted by Crippen LogP contribution is -2.28. The van der Waals surface area contributed by atoms with Gasteiger partial charge in [0.15, 0.2) is 5.69 Å². The summed E-state index contributed by atoms with van der Waals surface area (Å²) in [7, 11) is 0. The van der Waals surface area contributed by atoms with E-state index in [2.05, 4.69) is 10.5 Å². The molecule has 3 rings (SSSR count). The Morgan fingerprint density at radius 3 is 2.95 bits per heavy atom. The first kappa shape index (κ1) is 14.1. The molecular weight excluding hydrogens is 288 g/mol. The number of nitrogens with one attached hydrogen (secondary N) is 1. The van der Waals surface area contributed by atoms with Crippen molar-refractivity contribution in [2.75, 3.05) is 0 Å². The van der Waals surface area contributed by atoms with Crippen LogP contribution in [0.1, 0.15) is 60.0 Å². The van der Waals surface area contributed by atoms with Crippen molar-refractivity contribution in [3.63, 3.8) is 0 Å². The molecule has 5 heteroatoms. The highest BCUT2D eigenvalue weighted by molar-refractivity contribution is 6.30. The van der Waals surface area contributed by atoms with Crippen molar-refractivity contribution >= 4 is 17.5 Å². The fraction of sp³-hybridized carbons (Fsp3) is 0.375. The molecule has 1 aromatic carbocycles. The summed E-state index contributed by atoms with van der Waals surface area (Å²) in [5, 5.41) is 7.51. The van der Waals surface area contributed by atoms with Crippen molar-refractivity contribution in [3.05, 3.63) is 52.4 Å². The number of carbonyl (C=O) groups excluding carboxylic acids is 1. The quantitative estimate of drug-likeness (QED) is 0.905. The zero-order valence-electron chi connectivity index (χ0n) is 11.8. The standard InChI is InChI=1S/C16H17ClN2O2/c1-2-13(11-4-3-5-12(17)8-11)18-16(20)14-9-15(21-19-14)10-6-7-10/h3-5,8-10,13H,2,6-7H2,1H3,(H,18,20). The maximum Gasteiger partial charge on any atom is 0.273 e. The van der Waals surface area contributed by atoms with Gasteiger partial charge < -0.3 is 9.84 Å². The monoisotopic (exact) mass is 304 g/mol. The van der Waals surface area contributed by atoms with Gasteiger partial charge in [0, 0.05) is 17.0 Å². The first-order valence-electron chi connectivity index (χ1n) is 7.20. The molecule has 1 atom stereocenters. The summed E-state index contributed by atoms with van der Waals surface area (Å²) in [4.78, 5) is 12.3. The van der Waals surface area contributed by atoms with Crippen LogP contribution in [0.25, 0.3) is 0 Å².